The highest BCUT2D eigenvalue weighted by Crippen LogP contribution is 2.28. The zero-order valence-corrected chi connectivity index (χ0v) is 20.5. The Morgan fingerprint density at radius 1 is 0.973 bits per heavy atom. The summed E-state index contributed by atoms with van der Waals surface area (Å²) in [6.07, 6.45) is -1.43. The molecule has 0 saturated heterocycles. The number of nitrogens with one attached hydrogen (secondary N) is 1. The molecule has 37 heavy (non-hydrogen) atoms. The van der Waals surface area contributed by atoms with Crippen LogP contribution in [0.3, 0.4) is 0 Å². The Bertz CT molecular complexity index is 1850. The molecule has 4 rings (SSSR count). The van der Waals surface area contributed by atoms with Gasteiger partial charge < -0.3 is 0 Å². The minimum atomic E-state index is -4.99. The van der Waals surface area contributed by atoms with Crippen molar-refractivity contribution in [3.63, 3.8) is 0 Å². The Kier molecular flexibility index (Phi) is 6.15. The van der Waals surface area contributed by atoms with Crippen LogP contribution >= 0.6 is 0 Å². The maximum atomic E-state index is 14.5. The van der Waals surface area contributed by atoms with Crippen molar-refractivity contribution in [2.24, 2.45) is 0 Å². The van der Waals surface area contributed by atoms with E-state index in [0.29, 0.717) is 22.3 Å². The number of nitrogens with zero attached hydrogens (tertiary/aromatic N) is 2. The highest BCUT2D eigenvalue weighted by molar-refractivity contribution is 7.93. The molecule has 0 saturated carbocycles. The fraction of sp³-hybridized carbons (Fsp3) is 0.0800. The fourth-order valence-corrected chi connectivity index (χ4v) is 5.80. The molecule has 0 atom stereocenters. The first-order valence-electron chi connectivity index (χ1n) is 11.4. The van der Waals surface area contributed by atoms with Crippen LogP contribution in [-0.2, 0) is 26.4 Å². The SMILES string of the molecule is [2H]C([2H])(c1cccc(F)c1)c1cn(S(=O)(=O)c2ccc(C)cc2)cc1S(=O)(=O)Nc1cc(F)c(C#N)cc1F. The normalized spacial score (nSPS) is 12.9. The molecule has 0 aliphatic carbocycles. The quantitative estimate of drug-likeness (QED) is 0.360. The van der Waals surface area contributed by atoms with Crippen LogP contribution in [0, 0.1) is 35.7 Å². The summed E-state index contributed by atoms with van der Waals surface area (Å²) in [6, 6.07) is 12.1. The van der Waals surface area contributed by atoms with Crippen molar-refractivity contribution in [2.75, 3.05) is 4.72 Å². The van der Waals surface area contributed by atoms with Crippen LogP contribution in [0.5, 0.6) is 0 Å². The minimum Gasteiger partial charge on any atom is -0.276 e. The average molecular weight is 548 g/mol. The monoisotopic (exact) mass is 547 g/mol. The minimum absolute atomic E-state index is 0.238. The van der Waals surface area contributed by atoms with Gasteiger partial charge in [-0.3, -0.25) is 4.72 Å². The summed E-state index contributed by atoms with van der Waals surface area (Å²) in [5.41, 5.74) is -1.90. The summed E-state index contributed by atoms with van der Waals surface area (Å²) in [5.74, 6) is -3.37. The van der Waals surface area contributed by atoms with Gasteiger partial charge in [0.25, 0.3) is 20.0 Å². The molecule has 0 fully saturated rings. The van der Waals surface area contributed by atoms with E-state index in [0.717, 1.165) is 23.9 Å². The van der Waals surface area contributed by atoms with Crippen molar-refractivity contribution in [1.29, 1.82) is 5.26 Å². The number of benzene rings is 3. The van der Waals surface area contributed by atoms with Gasteiger partial charge in [0.05, 0.1) is 16.1 Å². The molecule has 0 spiro atoms. The lowest BCUT2D eigenvalue weighted by atomic mass is 10.1. The van der Waals surface area contributed by atoms with E-state index in [1.807, 2.05) is 0 Å². The predicted molar refractivity (Wildman–Crippen MR) is 129 cm³/mol. The molecule has 1 heterocycles. The second-order valence-corrected chi connectivity index (χ2v) is 11.3. The van der Waals surface area contributed by atoms with Crippen LogP contribution in [0.15, 0.2) is 82.8 Å². The first kappa shape index (κ1) is 23.3. The Balaban J connectivity index is 1.93. The number of hydrogen-bond donors (Lipinski definition) is 1. The first-order valence-corrected chi connectivity index (χ1v) is 13.3. The molecular formula is C25H18F3N3O4S2. The van der Waals surface area contributed by atoms with Crippen LogP contribution in [-0.4, -0.2) is 20.8 Å². The van der Waals surface area contributed by atoms with E-state index in [2.05, 4.69) is 0 Å². The van der Waals surface area contributed by atoms with E-state index < -0.39 is 65.6 Å². The average Bonchev–Trinajstić information content (AvgIpc) is 3.35. The van der Waals surface area contributed by atoms with Crippen molar-refractivity contribution in [3.05, 3.63) is 113 Å². The Labute approximate surface area is 214 Å². The van der Waals surface area contributed by atoms with Gasteiger partial charge in [-0.2, -0.15) is 5.26 Å². The fourth-order valence-electron chi connectivity index (χ4n) is 3.32. The third-order valence-corrected chi connectivity index (χ3v) is 8.20. The van der Waals surface area contributed by atoms with Gasteiger partial charge in [-0.15, -0.1) is 0 Å². The van der Waals surface area contributed by atoms with E-state index >= 15 is 0 Å². The van der Waals surface area contributed by atoms with E-state index in [1.54, 1.807) is 11.6 Å². The van der Waals surface area contributed by atoms with E-state index in [9.17, 15) is 30.0 Å². The van der Waals surface area contributed by atoms with Crippen molar-refractivity contribution in [2.45, 2.75) is 23.1 Å². The molecule has 12 heteroatoms. The summed E-state index contributed by atoms with van der Waals surface area (Å²) in [7, 11) is -9.44. The maximum Gasteiger partial charge on any atom is 0.267 e. The zero-order chi connectivity index (χ0) is 28.8. The molecular weight excluding hydrogens is 527 g/mol. The summed E-state index contributed by atoms with van der Waals surface area (Å²) >= 11 is 0. The van der Waals surface area contributed by atoms with Gasteiger partial charge in [-0.05, 0) is 48.4 Å². The van der Waals surface area contributed by atoms with Crippen molar-refractivity contribution >= 4 is 25.7 Å². The molecule has 3 aromatic carbocycles. The van der Waals surface area contributed by atoms with Crippen molar-refractivity contribution < 1.29 is 32.7 Å². The number of halogens is 3. The molecule has 1 aromatic heterocycles. The van der Waals surface area contributed by atoms with Crippen LogP contribution in [0.1, 0.15) is 25.0 Å². The van der Waals surface area contributed by atoms with Gasteiger partial charge in [0.2, 0.25) is 0 Å². The van der Waals surface area contributed by atoms with E-state index in [-0.39, 0.29) is 10.5 Å². The number of aryl methyl sites for hydroxylation is 1. The van der Waals surface area contributed by atoms with Crippen LogP contribution in [0.25, 0.3) is 0 Å². The first-order chi connectivity index (χ1) is 18.2. The largest absolute Gasteiger partial charge is 0.276 e. The third-order valence-electron chi connectivity index (χ3n) is 5.18. The number of nitriles is 1. The lowest BCUT2D eigenvalue weighted by Gasteiger charge is -2.10. The maximum absolute atomic E-state index is 14.5. The summed E-state index contributed by atoms with van der Waals surface area (Å²) in [4.78, 5) is -1.17. The number of anilines is 1. The highest BCUT2D eigenvalue weighted by atomic mass is 32.2. The van der Waals surface area contributed by atoms with Crippen LogP contribution in [0.4, 0.5) is 18.9 Å². The number of rotatable bonds is 7. The molecule has 0 unspecified atom stereocenters. The smallest absolute Gasteiger partial charge is 0.267 e. The molecule has 0 aliphatic heterocycles. The van der Waals surface area contributed by atoms with Gasteiger partial charge in [0, 0.05) is 27.6 Å². The summed E-state index contributed by atoms with van der Waals surface area (Å²) in [5, 5.41) is 8.86. The van der Waals surface area contributed by atoms with E-state index in [1.165, 1.54) is 42.5 Å². The summed E-state index contributed by atoms with van der Waals surface area (Å²) in [6.45, 7) is 1.72. The molecule has 0 amide bonds. The van der Waals surface area contributed by atoms with Gasteiger partial charge in [0.1, 0.15) is 28.4 Å². The molecule has 190 valence electrons. The van der Waals surface area contributed by atoms with Gasteiger partial charge in [0.15, 0.2) is 0 Å². The molecule has 0 aliphatic rings. The lowest BCUT2D eigenvalue weighted by molar-refractivity contribution is 0.587. The molecule has 1 N–H and O–H groups in total. The second-order valence-electron chi connectivity index (χ2n) is 7.85. The van der Waals surface area contributed by atoms with Gasteiger partial charge in [-0.1, -0.05) is 29.8 Å². The molecule has 7 nitrogen and oxygen atoms in total. The topological polar surface area (TPSA) is 109 Å². The lowest BCUT2D eigenvalue weighted by Crippen LogP contribution is -2.16. The second kappa shape index (κ2) is 9.76. The number of sulfonamides is 1. The molecule has 4 aromatic rings. The van der Waals surface area contributed by atoms with E-state index in [4.69, 9.17) is 8.00 Å². The van der Waals surface area contributed by atoms with Gasteiger partial charge in [-0.25, -0.2) is 34.0 Å². The van der Waals surface area contributed by atoms with Crippen molar-refractivity contribution in [3.8, 4) is 6.07 Å². The van der Waals surface area contributed by atoms with Crippen LogP contribution < -0.4 is 4.72 Å². The predicted octanol–water partition coefficient (Wildman–Crippen LogP) is 4.71. The Morgan fingerprint density at radius 2 is 1.68 bits per heavy atom. The van der Waals surface area contributed by atoms with Crippen LogP contribution in [0.2, 0.25) is 0 Å². The molecule has 0 radical (unpaired) electrons. The van der Waals surface area contributed by atoms with Gasteiger partial charge >= 0.3 is 0 Å². The number of hydrogen-bond acceptors (Lipinski definition) is 5. The van der Waals surface area contributed by atoms with Crippen molar-refractivity contribution in [1.82, 2.24) is 3.97 Å². The Hall–Kier alpha value is -4.08. The third kappa shape index (κ3) is 5.37. The standard InChI is InChI=1S/C25H18F3N3O4S2/c1-16-5-7-21(8-6-16)37(34,35)31-14-19(9-17-3-2-4-20(26)10-17)25(15-31)36(32,33)30-24-12-22(27)18(13-29)11-23(24)28/h2-8,10-12,14-15,30H,9H2,1H3/i9D2. The highest BCUT2D eigenvalue weighted by Gasteiger charge is 2.27. The summed E-state index contributed by atoms with van der Waals surface area (Å²) < 4.78 is 115. The number of aromatic nitrogens is 1. The zero-order valence-electron chi connectivity index (χ0n) is 20.9. The Morgan fingerprint density at radius 3 is 2.32 bits per heavy atom. The molecule has 0 bridgehead atoms.